The molecule has 0 saturated carbocycles. The molecule has 8 nitrogen and oxygen atoms in total. The Balaban J connectivity index is 1.47. The van der Waals surface area contributed by atoms with E-state index in [2.05, 4.69) is 17.4 Å². The van der Waals surface area contributed by atoms with Gasteiger partial charge in [0.15, 0.2) is 6.04 Å². The van der Waals surface area contributed by atoms with Gasteiger partial charge in [-0.25, -0.2) is 9.59 Å². The van der Waals surface area contributed by atoms with Crippen LogP contribution < -0.4 is 5.32 Å². The molecule has 36 heavy (non-hydrogen) atoms. The molecule has 2 N–H and O–H groups in total. The Labute approximate surface area is 211 Å². The quantitative estimate of drug-likeness (QED) is 0.497. The number of unbranched alkanes of at least 4 members (excludes halogenated alkanes) is 2. The molecule has 2 aromatic carbocycles. The fraction of sp³-hybridized carbons (Fsp3) is 0.464. The van der Waals surface area contributed by atoms with Crippen molar-refractivity contribution in [1.29, 1.82) is 0 Å². The molecule has 192 valence electrons. The van der Waals surface area contributed by atoms with E-state index in [1.165, 1.54) is 4.90 Å². The summed E-state index contributed by atoms with van der Waals surface area (Å²) in [5, 5.41) is 12.3. The summed E-state index contributed by atoms with van der Waals surface area (Å²) in [6.45, 7) is 5.40. The number of carboxylic acids is 1. The first-order valence-corrected chi connectivity index (χ1v) is 12.6. The number of rotatable bonds is 9. The summed E-state index contributed by atoms with van der Waals surface area (Å²) in [5.41, 5.74) is 3.37. The van der Waals surface area contributed by atoms with E-state index in [9.17, 15) is 19.5 Å². The number of hydrogen-bond donors (Lipinski definition) is 2. The number of alkyl carbamates (subject to hydrolysis) is 1. The number of carboxylic acid groups (broad SMARTS) is 1. The topological polar surface area (TPSA) is 105 Å². The lowest BCUT2D eigenvalue weighted by Crippen LogP contribution is -2.57. The minimum absolute atomic E-state index is 0.0965. The van der Waals surface area contributed by atoms with Crippen molar-refractivity contribution in [3.8, 4) is 11.1 Å². The summed E-state index contributed by atoms with van der Waals surface area (Å²) in [5.74, 6) is -1.71. The van der Waals surface area contributed by atoms with Crippen LogP contribution in [0.3, 0.4) is 0 Å². The first-order valence-electron chi connectivity index (χ1n) is 12.6. The van der Waals surface area contributed by atoms with Crippen LogP contribution in [0.4, 0.5) is 4.79 Å². The van der Waals surface area contributed by atoms with Gasteiger partial charge in [-0.05, 0) is 42.5 Å². The molecule has 4 rings (SSSR count). The van der Waals surface area contributed by atoms with Crippen molar-refractivity contribution >= 4 is 18.0 Å². The molecule has 1 aliphatic heterocycles. The molecule has 2 aliphatic rings. The maximum atomic E-state index is 13.5. The number of ether oxygens (including phenoxy) is 2. The number of nitrogens with zero attached hydrogens (tertiary/aromatic N) is 1. The van der Waals surface area contributed by atoms with Crippen molar-refractivity contribution in [2.45, 2.75) is 70.2 Å². The standard InChI is InChI=1S/C28H34N2O6/c1-4-5-6-15-23(25(31)30-24(26(32)33)17-36-28(30,2)3)29-27(34)35-16-22-20-13-9-7-11-18(20)19-12-8-10-14-21(19)22/h7-14,22-24H,4-6,15-17H2,1-3H3,(H,29,34)(H,32,33)/t23-,24-/m0/s1. The molecule has 1 aliphatic carbocycles. The maximum Gasteiger partial charge on any atom is 0.407 e. The molecular weight excluding hydrogens is 460 g/mol. The van der Waals surface area contributed by atoms with Crippen LogP contribution in [0.2, 0.25) is 0 Å². The van der Waals surface area contributed by atoms with Crippen LogP contribution in [0.25, 0.3) is 11.1 Å². The third kappa shape index (κ3) is 5.09. The van der Waals surface area contributed by atoms with E-state index in [1.54, 1.807) is 13.8 Å². The average molecular weight is 495 g/mol. The summed E-state index contributed by atoms with van der Waals surface area (Å²) in [6.07, 6.45) is 2.23. The third-order valence-corrected chi connectivity index (χ3v) is 7.04. The van der Waals surface area contributed by atoms with Crippen molar-refractivity contribution in [3.05, 3.63) is 59.7 Å². The minimum Gasteiger partial charge on any atom is -0.480 e. The largest absolute Gasteiger partial charge is 0.480 e. The number of benzene rings is 2. The van der Waals surface area contributed by atoms with Gasteiger partial charge in [0, 0.05) is 5.92 Å². The first-order chi connectivity index (χ1) is 17.2. The Hall–Kier alpha value is -3.39. The highest BCUT2D eigenvalue weighted by Gasteiger charge is 2.49. The van der Waals surface area contributed by atoms with Crippen LogP contribution in [-0.2, 0) is 19.1 Å². The summed E-state index contributed by atoms with van der Waals surface area (Å²) < 4.78 is 11.2. The summed E-state index contributed by atoms with van der Waals surface area (Å²) in [6, 6.07) is 14.1. The van der Waals surface area contributed by atoms with Gasteiger partial charge >= 0.3 is 12.1 Å². The predicted octanol–water partition coefficient (Wildman–Crippen LogP) is 4.52. The smallest absolute Gasteiger partial charge is 0.407 e. The van der Waals surface area contributed by atoms with Crippen molar-refractivity contribution in [2.24, 2.45) is 0 Å². The van der Waals surface area contributed by atoms with Crippen LogP contribution >= 0.6 is 0 Å². The van der Waals surface area contributed by atoms with Gasteiger partial charge in [0.2, 0.25) is 5.91 Å². The van der Waals surface area contributed by atoms with Crippen LogP contribution in [0, 0.1) is 0 Å². The van der Waals surface area contributed by atoms with Crippen molar-refractivity contribution in [2.75, 3.05) is 13.2 Å². The monoisotopic (exact) mass is 494 g/mol. The van der Waals surface area contributed by atoms with E-state index >= 15 is 0 Å². The number of nitrogens with one attached hydrogen (secondary N) is 1. The van der Waals surface area contributed by atoms with Gasteiger partial charge in [-0.3, -0.25) is 9.69 Å². The van der Waals surface area contributed by atoms with E-state index in [4.69, 9.17) is 9.47 Å². The first kappa shape index (κ1) is 25.7. The highest BCUT2D eigenvalue weighted by molar-refractivity contribution is 5.90. The Bertz CT molecular complexity index is 1090. The number of amides is 2. The molecule has 1 saturated heterocycles. The van der Waals surface area contributed by atoms with Gasteiger partial charge in [0.05, 0.1) is 6.61 Å². The molecule has 1 heterocycles. The molecule has 0 unspecified atom stereocenters. The molecular formula is C28H34N2O6. The van der Waals surface area contributed by atoms with E-state index < -0.39 is 35.8 Å². The van der Waals surface area contributed by atoms with Crippen molar-refractivity contribution in [1.82, 2.24) is 10.2 Å². The SMILES string of the molecule is CCCCC[C@H](NC(=O)OCC1c2ccccc2-c2ccccc21)C(=O)N1[C@H](C(=O)O)COC1(C)C. The van der Waals surface area contributed by atoms with E-state index in [0.29, 0.717) is 12.8 Å². The van der Waals surface area contributed by atoms with Crippen LogP contribution in [0.15, 0.2) is 48.5 Å². The zero-order valence-electron chi connectivity index (χ0n) is 21.0. The molecule has 0 bridgehead atoms. The molecule has 0 spiro atoms. The molecule has 2 aromatic rings. The fourth-order valence-electron chi connectivity index (χ4n) is 5.21. The maximum absolute atomic E-state index is 13.5. The second kappa shape index (κ2) is 10.7. The summed E-state index contributed by atoms with van der Waals surface area (Å²) in [4.78, 5) is 39.4. The average Bonchev–Trinajstić information content (AvgIpc) is 3.35. The Morgan fingerprint density at radius 3 is 2.28 bits per heavy atom. The molecule has 8 heteroatoms. The second-order valence-corrected chi connectivity index (χ2v) is 9.84. The van der Waals surface area contributed by atoms with Crippen molar-refractivity contribution < 1.29 is 29.0 Å². The number of hydrogen-bond acceptors (Lipinski definition) is 5. The Morgan fingerprint density at radius 2 is 1.69 bits per heavy atom. The van der Waals surface area contributed by atoms with Gasteiger partial charge in [-0.2, -0.15) is 0 Å². The van der Waals surface area contributed by atoms with Crippen LogP contribution in [0.1, 0.15) is 63.5 Å². The van der Waals surface area contributed by atoms with E-state index in [1.807, 2.05) is 43.3 Å². The zero-order chi connectivity index (χ0) is 25.9. The highest BCUT2D eigenvalue weighted by Crippen LogP contribution is 2.44. The fourth-order valence-corrected chi connectivity index (χ4v) is 5.21. The minimum atomic E-state index is -1.14. The summed E-state index contributed by atoms with van der Waals surface area (Å²) >= 11 is 0. The van der Waals surface area contributed by atoms with E-state index in [0.717, 1.165) is 35.1 Å². The van der Waals surface area contributed by atoms with Crippen LogP contribution in [-0.4, -0.2) is 59.0 Å². The number of carbonyl (C=O) groups is 3. The number of carbonyl (C=O) groups excluding carboxylic acids is 2. The van der Waals surface area contributed by atoms with Gasteiger partial charge in [0.1, 0.15) is 18.4 Å². The number of aliphatic carboxylic acids is 1. The second-order valence-electron chi connectivity index (χ2n) is 9.84. The molecule has 0 radical (unpaired) electrons. The summed E-state index contributed by atoms with van der Waals surface area (Å²) in [7, 11) is 0. The lowest BCUT2D eigenvalue weighted by Gasteiger charge is -2.35. The van der Waals surface area contributed by atoms with Gasteiger partial charge in [-0.15, -0.1) is 0 Å². The van der Waals surface area contributed by atoms with Gasteiger partial charge < -0.3 is 19.9 Å². The normalized spacial score (nSPS) is 18.9. The molecule has 0 aromatic heterocycles. The lowest BCUT2D eigenvalue weighted by molar-refractivity contribution is -0.156. The van der Waals surface area contributed by atoms with E-state index in [-0.39, 0.29) is 19.1 Å². The van der Waals surface area contributed by atoms with Crippen molar-refractivity contribution in [3.63, 3.8) is 0 Å². The Morgan fingerprint density at radius 1 is 1.08 bits per heavy atom. The lowest BCUT2D eigenvalue weighted by atomic mass is 9.98. The predicted molar refractivity (Wildman–Crippen MR) is 134 cm³/mol. The zero-order valence-corrected chi connectivity index (χ0v) is 21.0. The molecule has 2 amide bonds. The molecule has 1 fully saturated rings. The number of fused-ring (bicyclic) bond motifs is 3. The van der Waals surface area contributed by atoms with Crippen LogP contribution in [0.5, 0.6) is 0 Å². The van der Waals surface area contributed by atoms with Gasteiger partial charge in [-0.1, -0.05) is 74.7 Å². The third-order valence-electron chi connectivity index (χ3n) is 7.04. The van der Waals surface area contributed by atoms with Gasteiger partial charge in [0.25, 0.3) is 0 Å². The highest BCUT2D eigenvalue weighted by atomic mass is 16.6. The Kier molecular flexibility index (Phi) is 7.64. The molecule has 2 atom stereocenters.